The first kappa shape index (κ1) is 13.6. The van der Waals surface area contributed by atoms with Crippen LogP contribution in [0, 0.1) is 0 Å². The normalized spacial score (nSPS) is 12.4. The molecule has 1 heterocycles. The van der Waals surface area contributed by atoms with E-state index in [0.29, 0.717) is 5.69 Å². The van der Waals surface area contributed by atoms with E-state index in [1.807, 2.05) is 12.1 Å². The predicted molar refractivity (Wildman–Crippen MR) is 74.5 cm³/mol. The molecule has 0 atom stereocenters. The van der Waals surface area contributed by atoms with Gasteiger partial charge in [-0.1, -0.05) is 32.9 Å². The zero-order chi connectivity index (χ0) is 14.1. The van der Waals surface area contributed by atoms with Crippen LogP contribution >= 0.6 is 0 Å². The molecule has 0 fully saturated rings. The Bertz CT molecular complexity index is 638. The maximum Gasteiger partial charge on any atom is 0.278 e. The predicted octanol–water partition coefficient (Wildman–Crippen LogP) is 2.51. The van der Waals surface area contributed by atoms with Crippen molar-refractivity contribution in [3.63, 3.8) is 0 Å². The third-order valence-electron chi connectivity index (χ3n) is 2.77. The SMILES string of the molecule is CC(C)(C)c1ccc(NS(=O)(=O)c2ccn[nH]2)cc1. The van der Waals surface area contributed by atoms with E-state index in [-0.39, 0.29) is 10.4 Å². The third-order valence-corrected chi connectivity index (χ3v) is 4.08. The molecule has 0 aliphatic heterocycles. The van der Waals surface area contributed by atoms with Gasteiger partial charge in [0.1, 0.15) is 0 Å². The van der Waals surface area contributed by atoms with Crippen LogP contribution in [0.3, 0.4) is 0 Å². The number of nitrogens with zero attached hydrogens (tertiary/aromatic N) is 1. The van der Waals surface area contributed by atoms with E-state index < -0.39 is 10.0 Å². The fraction of sp³-hybridized carbons (Fsp3) is 0.308. The number of sulfonamides is 1. The first-order valence-corrected chi connectivity index (χ1v) is 7.40. The number of nitrogens with one attached hydrogen (secondary N) is 2. The number of H-pyrrole nitrogens is 1. The lowest BCUT2D eigenvalue weighted by Gasteiger charge is -2.19. The van der Waals surface area contributed by atoms with Gasteiger partial charge >= 0.3 is 0 Å². The standard InChI is InChI=1S/C13H17N3O2S/c1-13(2,3)10-4-6-11(7-5-10)16-19(17,18)12-8-9-14-15-12/h4-9,16H,1-3H3,(H,14,15). The molecule has 0 unspecified atom stereocenters. The van der Waals surface area contributed by atoms with Crippen LogP contribution in [-0.4, -0.2) is 18.6 Å². The van der Waals surface area contributed by atoms with E-state index in [2.05, 4.69) is 35.7 Å². The number of aromatic nitrogens is 2. The quantitative estimate of drug-likeness (QED) is 0.906. The molecular weight excluding hydrogens is 262 g/mol. The summed E-state index contributed by atoms with van der Waals surface area (Å²) in [4.78, 5) is 0. The summed E-state index contributed by atoms with van der Waals surface area (Å²) < 4.78 is 26.4. The van der Waals surface area contributed by atoms with Crippen molar-refractivity contribution in [1.82, 2.24) is 10.2 Å². The van der Waals surface area contributed by atoms with Crippen LogP contribution in [0.25, 0.3) is 0 Å². The highest BCUT2D eigenvalue weighted by Gasteiger charge is 2.17. The van der Waals surface area contributed by atoms with Gasteiger partial charge < -0.3 is 0 Å². The van der Waals surface area contributed by atoms with Crippen molar-refractivity contribution in [2.75, 3.05) is 4.72 Å². The molecule has 0 amide bonds. The second-order valence-electron chi connectivity index (χ2n) is 5.35. The Labute approximate surface area is 113 Å². The first-order chi connectivity index (χ1) is 8.79. The number of hydrogen-bond donors (Lipinski definition) is 2. The Kier molecular flexibility index (Phi) is 3.36. The smallest absolute Gasteiger partial charge is 0.278 e. The Morgan fingerprint density at radius 1 is 1.11 bits per heavy atom. The molecule has 1 aromatic heterocycles. The highest BCUT2D eigenvalue weighted by molar-refractivity contribution is 7.92. The summed E-state index contributed by atoms with van der Waals surface area (Å²) in [6, 6.07) is 8.77. The van der Waals surface area contributed by atoms with Crippen LogP contribution in [0.2, 0.25) is 0 Å². The van der Waals surface area contributed by atoms with E-state index in [1.54, 1.807) is 12.1 Å². The Morgan fingerprint density at radius 3 is 2.21 bits per heavy atom. The molecule has 2 rings (SSSR count). The Morgan fingerprint density at radius 2 is 1.74 bits per heavy atom. The lowest BCUT2D eigenvalue weighted by Crippen LogP contribution is -2.14. The highest BCUT2D eigenvalue weighted by atomic mass is 32.2. The first-order valence-electron chi connectivity index (χ1n) is 5.92. The number of hydrogen-bond acceptors (Lipinski definition) is 3. The van der Waals surface area contributed by atoms with E-state index in [1.165, 1.54) is 12.3 Å². The van der Waals surface area contributed by atoms with Crippen molar-refractivity contribution in [1.29, 1.82) is 0 Å². The summed E-state index contributed by atoms with van der Waals surface area (Å²) in [6.45, 7) is 6.32. The molecule has 0 saturated heterocycles. The fourth-order valence-corrected chi connectivity index (χ4v) is 2.61. The van der Waals surface area contributed by atoms with Crippen LogP contribution in [0.15, 0.2) is 41.6 Å². The second-order valence-corrected chi connectivity index (χ2v) is 7.00. The summed E-state index contributed by atoms with van der Waals surface area (Å²) in [6.07, 6.45) is 1.40. The van der Waals surface area contributed by atoms with Crippen molar-refractivity contribution < 1.29 is 8.42 Å². The van der Waals surface area contributed by atoms with E-state index in [4.69, 9.17) is 0 Å². The monoisotopic (exact) mass is 279 g/mol. The van der Waals surface area contributed by atoms with E-state index in [9.17, 15) is 8.42 Å². The van der Waals surface area contributed by atoms with Gasteiger partial charge in [0, 0.05) is 5.69 Å². The molecule has 0 aliphatic carbocycles. The molecule has 102 valence electrons. The zero-order valence-electron chi connectivity index (χ0n) is 11.1. The van der Waals surface area contributed by atoms with Gasteiger partial charge in [0.25, 0.3) is 10.0 Å². The van der Waals surface area contributed by atoms with Crippen LogP contribution in [0.1, 0.15) is 26.3 Å². The molecule has 2 aromatic rings. The van der Waals surface area contributed by atoms with Crippen LogP contribution in [-0.2, 0) is 15.4 Å². The summed E-state index contributed by atoms with van der Waals surface area (Å²) in [5, 5.41) is 6.11. The number of aromatic amines is 1. The van der Waals surface area contributed by atoms with Gasteiger partial charge in [-0.05, 0) is 29.2 Å². The van der Waals surface area contributed by atoms with Crippen LogP contribution in [0.5, 0.6) is 0 Å². The lowest BCUT2D eigenvalue weighted by molar-refractivity contribution is 0.590. The molecule has 5 nitrogen and oxygen atoms in total. The minimum Gasteiger partial charge on any atom is -0.278 e. The lowest BCUT2D eigenvalue weighted by atomic mass is 9.87. The second kappa shape index (κ2) is 4.70. The third kappa shape index (κ3) is 3.14. The molecule has 0 radical (unpaired) electrons. The summed E-state index contributed by atoms with van der Waals surface area (Å²) in [7, 11) is -3.59. The van der Waals surface area contributed by atoms with Gasteiger partial charge in [-0.3, -0.25) is 9.82 Å². The molecule has 1 aromatic carbocycles. The van der Waals surface area contributed by atoms with Gasteiger partial charge in [-0.2, -0.15) is 13.5 Å². The Balaban J connectivity index is 2.21. The number of anilines is 1. The summed E-state index contributed by atoms with van der Waals surface area (Å²) in [5.41, 5.74) is 1.72. The van der Waals surface area contributed by atoms with Gasteiger partial charge in [0.2, 0.25) is 0 Å². The van der Waals surface area contributed by atoms with Crippen LogP contribution < -0.4 is 4.72 Å². The van der Waals surface area contributed by atoms with E-state index in [0.717, 1.165) is 5.56 Å². The molecule has 0 saturated carbocycles. The highest BCUT2D eigenvalue weighted by Crippen LogP contribution is 2.24. The fourth-order valence-electron chi connectivity index (χ4n) is 1.64. The molecule has 0 bridgehead atoms. The van der Waals surface area contributed by atoms with Crippen LogP contribution in [0.4, 0.5) is 5.69 Å². The molecular formula is C13H17N3O2S. The van der Waals surface area contributed by atoms with Gasteiger partial charge in [-0.25, -0.2) is 0 Å². The Hall–Kier alpha value is -1.82. The molecule has 19 heavy (non-hydrogen) atoms. The van der Waals surface area contributed by atoms with Crippen molar-refractivity contribution in [2.24, 2.45) is 0 Å². The summed E-state index contributed by atoms with van der Waals surface area (Å²) >= 11 is 0. The van der Waals surface area contributed by atoms with Gasteiger partial charge in [0.05, 0.1) is 6.20 Å². The minimum atomic E-state index is -3.59. The van der Waals surface area contributed by atoms with Gasteiger partial charge in [0.15, 0.2) is 5.03 Å². The maximum atomic E-state index is 12.0. The average molecular weight is 279 g/mol. The van der Waals surface area contributed by atoms with Gasteiger partial charge in [-0.15, -0.1) is 0 Å². The van der Waals surface area contributed by atoms with Crippen molar-refractivity contribution in [3.05, 3.63) is 42.1 Å². The average Bonchev–Trinajstić information content (AvgIpc) is 2.82. The van der Waals surface area contributed by atoms with Crippen molar-refractivity contribution in [2.45, 2.75) is 31.2 Å². The number of rotatable bonds is 3. The molecule has 0 spiro atoms. The topological polar surface area (TPSA) is 74.8 Å². The zero-order valence-corrected chi connectivity index (χ0v) is 12.0. The number of benzene rings is 1. The largest absolute Gasteiger partial charge is 0.278 e. The molecule has 2 N–H and O–H groups in total. The van der Waals surface area contributed by atoms with Crippen molar-refractivity contribution >= 4 is 15.7 Å². The van der Waals surface area contributed by atoms with E-state index >= 15 is 0 Å². The summed E-state index contributed by atoms with van der Waals surface area (Å²) in [5.74, 6) is 0. The minimum absolute atomic E-state index is 0.0424. The van der Waals surface area contributed by atoms with Crippen molar-refractivity contribution in [3.8, 4) is 0 Å². The molecule has 0 aliphatic rings. The maximum absolute atomic E-state index is 12.0. The molecule has 6 heteroatoms.